The summed E-state index contributed by atoms with van der Waals surface area (Å²) < 4.78 is 26.6. The Kier molecular flexibility index (Phi) is 7.10. The van der Waals surface area contributed by atoms with Crippen LogP contribution in [0.2, 0.25) is 0 Å². The van der Waals surface area contributed by atoms with Gasteiger partial charge in [0.15, 0.2) is 0 Å². The standard InChI is InChI=1S/C13H22N4O3S/c1-3-7-16-13(18)6-9-17-21(19,20)11-5-8-15-12(10-11)14-4-2/h5,8,10,17H,3-4,6-7,9H2,1-2H3,(H,14,15)(H,16,18). The maximum absolute atomic E-state index is 12.1. The van der Waals surface area contributed by atoms with Crippen LogP contribution in [0.25, 0.3) is 0 Å². The first-order valence-electron chi connectivity index (χ1n) is 6.96. The number of nitrogens with one attached hydrogen (secondary N) is 3. The Balaban J connectivity index is 2.57. The summed E-state index contributed by atoms with van der Waals surface area (Å²) in [6.07, 6.45) is 2.40. The van der Waals surface area contributed by atoms with Crippen molar-refractivity contribution in [2.75, 3.05) is 25.0 Å². The largest absolute Gasteiger partial charge is 0.370 e. The second-order valence-electron chi connectivity index (χ2n) is 4.40. The van der Waals surface area contributed by atoms with Crippen LogP contribution in [0.4, 0.5) is 5.82 Å². The highest BCUT2D eigenvalue weighted by Crippen LogP contribution is 2.12. The molecule has 0 spiro atoms. The summed E-state index contributed by atoms with van der Waals surface area (Å²) in [5.74, 6) is 0.337. The van der Waals surface area contributed by atoms with Crippen LogP contribution < -0.4 is 15.4 Å². The molecule has 118 valence electrons. The lowest BCUT2D eigenvalue weighted by atomic mass is 10.4. The van der Waals surface area contributed by atoms with E-state index in [2.05, 4.69) is 20.3 Å². The van der Waals surface area contributed by atoms with Gasteiger partial charge in [0, 0.05) is 38.3 Å². The van der Waals surface area contributed by atoms with E-state index in [1.807, 2.05) is 13.8 Å². The second kappa shape index (κ2) is 8.58. The van der Waals surface area contributed by atoms with Crippen molar-refractivity contribution >= 4 is 21.7 Å². The summed E-state index contributed by atoms with van der Waals surface area (Å²) in [6, 6.07) is 2.88. The van der Waals surface area contributed by atoms with Gasteiger partial charge in [0.2, 0.25) is 15.9 Å². The first-order valence-corrected chi connectivity index (χ1v) is 8.44. The van der Waals surface area contributed by atoms with Crippen molar-refractivity contribution in [1.82, 2.24) is 15.0 Å². The minimum atomic E-state index is -3.63. The quantitative estimate of drug-likeness (QED) is 0.623. The van der Waals surface area contributed by atoms with Gasteiger partial charge in [-0.2, -0.15) is 0 Å². The van der Waals surface area contributed by atoms with Gasteiger partial charge in [-0.25, -0.2) is 18.1 Å². The fourth-order valence-electron chi connectivity index (χ4n) is 1.59. The predicted molar refractivity (Wildman–Crippen MR) is 81.5 cm³/mol. The molecule has 21 heavy (non-hydrogen) atoms. The molecule has 1 amide bonds. The highest BCUT2D eigenvalue weighted by atomic mass is 32.2. The molecule has 1 heterocycles. The van der Waals surface area contributed by atoms with E-state index in [0.717, 1.165) is 6.42 Å². The van der Waals surface area contributed by atoms with Crippen molar-refractivity contribution < 1.29 is 13.2 Å². The molecular weight excluding hydrogens is 292 g/mol. The van der Waals surface area contributed by atoms with Gasteiger partial charge in [0.05, 0.1) is 4.90 Å². The van der Waals surface area contributed by atoms with Crippen LogP contribution in [-0.2, 0) is 14.8 Å². The van der Waals surface area contributed by atoms with Crippen LogP contribution in [0.5, 0.6) is 0 Å². The Labute approximate surface area is 125 Å². The van der Waals surface area contributed by atoms with Gasteiger partial charge in [-0.15, -0.1) is 0 Å². The number of carbonyl (C=O) groups excluding carboxylic acids is 1. The van der Waals surface area contributed by atoms with Crippen molar-refractivity contribution in [3.8, 4) is 0 Å². The Morgan fingerprint density at radius 1 is 1.29 bits per heavy atom. The topological polar surface area (TPSA) is 100 Å². The van der Waals surface area contributed by atoms with Crippen molar-refractivity contribution in [2.45, 2.75) is 31.6 Å². The third kappa shape index (κ3) is 6.09. The summed E-state index contributed by atoms with van der Waals surface area (Å²) in [6.45, 7) is 5.17. The first-order chi connectivity index (χ1) is 9.99. The summed E-state index contributed by atoms with van der Waals surface area (Å²) in [5.41, 5.74) is 0. The number of amides is 1. The molecule has 0 unspecified atom stereocenters. The summed E-state index contributed by atoms with van der Waals surface area (Å²) >= 11 is 0. The van der Waals surface area contributed by atoms with Gasteiger partial charge in [0.1, 0.15) is 5.82 Å². The number of pyridine rings is 1. The number of rotatable bonds is 9. The fraction of sp³-hybridized carbons (Fsp3) is 0.538. The van der Waals surface area contributed by atoms with E-state index < -0.39 is 10.0 Å². The minimum Gasteiger partial charge on any atom is -0.370 e. The van der Waals surface area contributed by atoms with E-state index in [1.54, 1.807) is 0 Å². The molecule has 0 saturated carbocycles. The molecule has 1 rings (SSSR count). The van der Waals surface area contributed by atoms with Crippen LogP contribution in [0.3, 0.4) is 0 Å². The number of hydrogen-bond acceptors (Lipinski definition) is 5. The number of hydrogen-bond donors (Lipinski definition) is 3. The van der Waals surface area contributed by atoms with Crippen LogP contribution in [0.15, 0.2) is 23.2 Å². The van der Waals surface area contributed by atoms with Crippen LogP contribution >= 0.6 is 0 Å². The van der Waals surface area contributed by atoms with Crippen molar-refractivity contribution in [3.63, 3.8) is 0 Å². The molecule has 8 heteroatoms. The van der Waals surface area contributed by atoms with Gasteiger partial charge >= 0.3 is 0 Å². The van der Waals surface area contributed by atoms with Gasteiger partial charge in [-0.05, 0) is 19.4 Å². The lowest BCUT2D eigenvalue weighted by Gasteiger charge is -2.08. The first kappa shape index (κ1) is 17.4. The molecule has 1 aromatic rings. The zero-order valence-electron chi connectivity index (χ0n) is 12.3. The third-order valence-electron chi connectivity index (χ3n) is 2.62. The SMILES string of the molecule is CCCNC(=O)CCNS(=O)(=O)c1ccnc(NCC)c1. The molecule has 3 N–H and O–H groups in total. The van der Waals surface area contributed by atoms with Crippen LogP contribution in [-0.4, -0.2) is 38.9 Å². The van der Waals surface area contributed by atoms with E-state index in [9.17, 15) is 13.2 Å². The Morgan fingerprint density at radius 3 is 2.71 bits per heavy atom. The molecule has 0 aliphatic rings. The Bertz CT molecular complexity index is 560. The molecule has 0 saturated heterocycles. The smallest absolute Gasteiger partial charge is 0.240 e. The van der Waals surface area contributed by atoms with Gasteiger partial charge in [-0.3, -0.25) is 4.79 Å². The molecule has 0 fully saturated rings. The maximum atomic E-state index is 12.1. The van der Waals surface area contributed by atoms with E-state index in [1.165, 1.54) is 18.3 Å². The fourth-order valence-corrected chi connectivity index (χ4v) is 2.64. The monoisotopic (exact) mass is 314 g/mol. The molecular formula is C13H22N4O3S. The lowest BCUT2D eigenvalue weighted by molar-refractivity contribution is -0.120. The third-order valence-corrected chi connectivity index (χ3v) is 4.07. The molecule has 0 aliphatic carbocycles. The van der Waals surface area contributed by atoms with Crippen molar-refractivity contribution in [3.05, 3.63) is 18.3 Å². The molecule has 0 bridgehead atoms. The van der Waals surface area contributed by atoms with Crippen LogP contribution in [0, 0.1) is 0 Å². The Morgan fingerprint density at radius 2 is 2.05 bits per heavy atom. The zero-order chi connectivity index (χ0) is 15.7. The van der Waals surface area contributed by atoms with Gasteiger partial charge < -0.3 is 10.6 Å². The second-order valence-corrected chi connectivity index (χ2v) is 6.17. The normalized spacial score (nSPS) is 11.1. The van der Waals surface area contributed by atoms with E-state index >= 15 is 0 Å². The number of carbonyl (C=O) groups is 1. The maximum Gasteiger partial charge on any atom is 0.240 e. The average Bonchev–Trinajstić information content (AvgIpc) is 2.45. The predicted octanol–water partition coefficient (Wildman–Crippen LogP) is 0.708. The number of sulfonamides is 1. The lowest BCUT2D eigenvalue weighted by Crippen LogP contribution is -2.31. The number of anilines is 1. The van der Waals surface area contributed by atoms with Gasteiger partial charge in [0.25, 0.3) is 0 Å². The van der Waals surface area contributed by atoms with E-state index in [0.29, 0.717) is 18.9 Å². The molecule has 0 atom stereocenters. The highest BCUT2D eigenvalue weighted by Gasteiger charge is 2.14. The van der Waals surface area contributed by atoms with Crippen LogP contribution in [0.1, 0.15) is 26.7 Å². The minimum absolute atomic E-state index is 0.0662. The summed E-state index contributed by atoms with van der Waals surface area (Å²) in [4.78, 5) is 15.5. The van der Waals surface area contributed by atoms with E-state index in [-0.39, 0.29) is 23.8 Å². The zero-order valence-corrected chi connectivity index (χ0v) is 13.2. The van der Waals surface area contributed by atoms with E-state index in [4.69, 9.17) is 0 Å². The summed E-state index contributed by atoms with van der Waals surface area (Å²) in [7, 11) is -3.63. The molecule has 0 aliphatic heterocycles. The highest BCUT2D eigenvalue weighted by molar-refractivity contribution is 7.89. The molecule has 1 aromatic heterocycles. The molecule has 0 radical (unpaired) electrons. The number of nitrogens with zero attached hydrogens (tertiary/aromatic N) is 1. The average molecular weight is 314 g/mol. The van der Waals surface area contributed by atoms with Crippen molar-refractivity contribution in [2.24, 2.45) is 0 Å². The van der Waals surface area contributed by atoms with Gasteiger partial charge in [-0.1, -0.05) is 6.92 Å². The summed E-state index contributed by atoms with van der Waals surface area (Å²) in [5, 5.41) is 5.64. The van der Waals surface area contributed by atoms with Crippen molar-refractivity contribution in [1.29, 1.82) is 0 Å². The number of aromatic nitrogens is 1. The molecule has 0 aromatic carbocycles. The Hall–Kier alpha value is -1.67. The molecule has 7 nitrogen and oxygen atoms in total.